The van der Waals surface area contributed by atoms with Crippen LogP contribution in [0.4, 0.5) is 5.69 Å². The van der Waals surface area contributed by atoms with Crippen LogP contribution in [0.2, 0.25) is 0 Å². The monoisotopic (exact) mass is 343 g/mol. The number of benzene rings is 1. The summed E-state index contributed by atoms with van der Waals surface area (Å²) in [6.45, 7) is 10.00. The highest BCUT2D eigenvalue weighted by Gasteiger charge is 2.27. The summed E-state index contributed by atoms with van der Waals surface area (Å²) in [5.41, 5.74) is 3.82. The summed E-state index contributed by atoms with van der Waals surface area (Å²) in [5, 5.41) is 3.20. The molecule has 1 aromatic rings. The van der Waals surface area contributed by atoms with E-state index in [-0.39, 0.29) is 17.4 Å². The van der Waals surface area contributed by atoms with E-state index in [1.54, 1.807) is 0 Å². The van der Waals surface area contributed by atoms with Crippen LogP contribution in [0.3, 0.4) is 0 Å². The normalized spacial score (nSPS) is 19.6. The van der Waals surface area contributed by atoms with E-state index in [1.807, 2.05) is 20.8 Å². The molecule has 0 aliphatic carbocycles. The minimum absolute atomic E-state index is 0.135. The molecule has 25 heavy (non-hydrogen) atoms. The Hall–Kier alpha value is -1.55. The number of carbonyl (C=O) groups is 1. The van der Waals surface area contributed by atoms with Crippen LogP contribution in [-0.2, 0) is 11.2 Å². The average Bonchev–Trinajstić information content (AvgIpc) is 2.96. The fourth-order valence-corrected chi connectivity index (χ4v) is 3.94. The van der Waals surface area contributed by atoms with Crippen LogP contribution in [0.1, 0.15) is 57.2 Å². The van der Waals surface area contributed by atoms with Gasteiger partial charge in [-0.2, -0.15) is 0 Å². The second kappa shape index (κ2) is 7.36. The summed E-state index contributed by atoms with van der Waals surface area (Å²) >= 11 is 0. The van der Waals surface area contributed by atoms with Crippen molar-refractivity contribution < 1.29 is 4.79 Å². The van der Waals surface area contributed by atoms with E-state index in [4.69, 9.17) is 0 Å². The molecule has 1 aromatic carbocycles. The van der Waals surface area contributed by atoms with Crippen LogP contribution in [0.5, 0.6) is 0 Å². The van der Waals surface area contributed by atoms with Crippen molar-refractivity contribution >= 4 is 11.6 Å². The summed E-state index contributed by atoms with van der Waals surface area (Å²) < 4.78 is 0. The second-order valence-corrected chi connectivity index (χ2v) is 8.63. The Morgan fingerprint density at radius 1 is 1.16 bits per heavy atom. The van der Waals surface area contributed by atoms with Gasteiger partial charge in [-0.25, -0.2) is 0 Å². The smallest absolute Gasteiger partial charge is 0.225 e. The zero-order valence-corrected chi connectivity index (χ0v) is 16.3. The third-order valence-corrected chi connectivity index (χ3v) is 5.58. The van der Waals surface area contributed by atoms with Crippen molar-refractivity contribution in [3.05, 3.63) is 29.3 Å². The van der Waals surface area contributed by atoms with Crippen LogP contribution in [-0.4, -0.2) is 44.0 Å². The van der Waals surface area contributed by atoms with Crippen molar-refractivity contribution in [2.45, 2.75) is 52.5 Å². The number of rotatable bonds is 4. The molecular weight excluding hydrogens is 310 g/mol. The van der Waals surface area contributed by atoms with Crippen LogP contribution in [0.25, 0.3) is 0 Å². The Morgan fingerprint density at radius 3 is 2.56 bits per heavy atom. The fraction of sp³-hybridized carbons (Fsp3) is 0.667. The number of fused-ring (bicyclic) bond motifs is 1. The van der Waals surface area contributed by atoms with Crippen LogP contribution >= 0.6 is 0 Å². The lowest BCUT2D eigenvalue weighted by Crippen LogP contribution is -2.43. The van der Waals surface area contributed by atoms with Gasteiger partial charge in [0.2, 0.25) is 5.91 Å². The number of hydrogen-bond donors (Lipinski definition) is 1. The van der Waals surface area contributed by atoms with E-state index >= 15 is 0 Å². The Labute approximate surface area is 152 Å². The Balaban J connectivity index is 1.80. The van der Waals surface area contributed by atoms with Crippen molar-refractivity contribution in [3.8, 4) is 0 Å². The number of amides is 1. The van der Waals surface area contributed by atoms with Gasteiger partial charge in [-0.1, -0.05) is 39.3 Å². The molecule has 2 aliphatic rings. The van der Waals surface area contributed by atoms with Crippen molar-refractivity contribution in [1.29, 1.82) is 0 Å². The zero-order chi connectivity index (χ0) is 18.0. The number of anilines is 1. The molecule has 138 valence electrons. The van der Waals surface area contributed by atoms with Gasteiger partial charge in [0.25, 0.3) is 0 Å². The molecule has 1 atom stereocenters. The van der Waals surface area contributed by atoms with E-state index in [0.29, 0.717) is 6.54 Å². The molecule has 4 nitrogen and oxygen atoms in total. The molecule has 1 unspecified atom stereocenters. The van der Waals surface area contributed by atoms with E-state index in [0.717, 1.165) is 26.1 Å². The van der Waals surface area contributed by atoms with Gasteiger partial charge in [-0.05, 0) is 49.5 Å². The number of likely N-dealkylation sites (N-methyl/N-ethyl adjacent to an activating group) is 1. The molecule has 1 amide bonds. The van der Waals surface area contributed by atoms with Gasteiger partial charge in [-0.3, -0.25) is 9.69 Å². The van der Waals surface area contributed by atoms with Gasteiger partial charge >= 0.3 is 0 Å². The number of hydrogen-bond acceptors (Lipinski definition) is 3. The number of nitrogens with zero attached hydrogens (tertiary/aromatic N) is 2. The van der Waals surface area contributed by atoms with E-state index in [2.05, 4.69) is 40.4 Å². The van der Waals surface area contributed by atoms with Gasteiger partial charge in [0.05, 0.1) is 6.04 Å². The first kappa shape index (κ1) is 18.2. The number of nitrogens with one attached hydrogen (secondary N) is 1. The van der Waals surface area contributed by atoms with Gasteiger partial charge in [0, 0.05) is 31.2 Å². The average molecular weight is 344 g/mol. The fourth-order valence-electron chi connectivity index (χ4n) is 3.94. The SMILES string of the molecule is CN1CCc2cc(C(CNC(=O)C(C)(C)C)N3CCCCC3)ccc21. The van der Waals surface area contributed by atoms with Crippen molar-refractivity contribution in [1.82, 2.24) is 10.2 Å². The van der Waals surface area contributed by atoms with Crippen molar-refractivity contribution in [2.24, 2.45) is 5.41 Å². The van der Waals surface area contributed by atoms with Crippen molar-refractivity contribution in [2.75, 3.05) is 38.1 Å². The first-order valence-corrected chi connectivity index (χ1v) is 9.72. The van der Waals surface area contributed by atoms with Gasteiger partial charge in [0.15, 0.2) is 0 Å². The van der Waals surface area contributed by atoms with Crippen LogP contribution in [0, 0.1) is 5.41 Å². The molecule has 2 heterocycles. The lowest BCUT2D eigenvalue weighted by molar-refractivity contribution is -0.128. The number of likely N-dealkylation sites (tertiary alicyclic amines) is 1. The maximum atomic E-state index is 12.4. The van der Waals surface area contributed by atoms with E-state index in [9.17, 15) is 4.79 Å². The lowest BCUT2D eigenvalue weighted by Gasteiger charge is -2.35. The molecule has 1 N–H and O–H groups in total. The lowest BCUT2D eigenvalue weighted by atomic mass is 9.94. The minimum atomic E-state index is -0.340. The van der Waals surface area contributed by atoms with E-state index < -0.39 is 0 Å². The van der Waals surface area contributed by atoms with Crippen LogP contribution < -0.4 is 10.2 Å². The van der Waals surface area contributed by atoms with Gasteiger partial charge < -0.3 is 10.2 Å². The number of piperidine rings is 1. The Bertz CT molecular complexity index is 614. The van der Waals surface area contributed by atoms with Crippen LogP contribution in [0.15, 0.2) is 18.2 Å². The molecule has 3 rings (SSSR count). The molecular formula is C21H33N3O. The molecule has 1 saturated heterocycles. The first-order chi connectivity index (χ1) is 11.9. The summed E-state index contributed by atoms with van der Waals surface area (Å²) in [4.78, 5) is 17.3. The van der Waals surface area contributed by atoms with Gasteiger partial charge in [-0.15, -0.1) is 0 Å². The summed E-state index contributed by atoms with van der Waals surface area (Å²) in [7, 11) is 2.16. The second-order valence-electron chi connectivity index (χ2n) is 8.63. The summed E-state index contributed by atoms with van der Waals surface area (Å²) in [5.74, 6) is 0.135. The van der Waals surface area contributed by atoms with E-state index in [1.165, 1.54) is 36.1 Å². The highest BCUT2D eigenvalue weighted by Crippen LogP contribution is 2.32. The third kappa shape index (κ3) is 4.17. The Kier molecular flexibility index (Phi) is 5.38. The highest BCUT2D eigenvalue weighted by molar-refractivity contribution is 5.81. The third-order valence-electron chi connectivity index (χ3n) is 5.58. The predicted molar refractivity (Wildman–Crippen MR) is 104 cm³/mol. The molecule has 0 radical (unpaired) electrons. The highest BCUT2D eigenvalue weighted by atomic mass is 16.2. The predicted octanol–water partition coefficient (Wildman–Crippen LogP) is 3.37. The Morgan fingerprint density at radius 2 is 1.88 bits per heavy atom. The first-order valence-electron chi connectivity index (χ1n) is 9.72. The molecule has 0 saturated carbocycles. The maximum absolute atomic E-state index is 12.4. The molecule has 2 aliphatic heterocycles. The quantitative estimate of drug-likeness (QED) is 0.910. The standard InChI is InChI=1S/C21H33N3O/c1-21(2,3)20(25)22-15-19(24-11-6-5-7-12-24)16-8-9-18-17(14-16)10-13-23(18)4/h8-9,14,19H,5-7,10-13,15H2,1-4H3,(H,22,25). The molecule has 0 bridgehead atoms. The molecule has 1 fully saturated rings. The molecule has 0 aromatic heterocycles. The molecule has 0 spiro atoms. The topological polar surface area (TPSA) is 35.6 Å². The summed E-state index contributed by atoms with van der Waals surface area (Å²) in [6, 6.07) is 7.19. The summed E-state index contributed by atoms with van der Waals surface area (Å²) in [6.07, 6.45) is 4.97. The maximum Gasteiger partial charge on any atom is 0.225 e. The molecule has 4 heteroatoms. The number of carbonyl (C=O) groups excluding carboxylic acids is 1. The van der Waals surface area contributed by atoms with Crippen molar-refractivity contribution in [3.63, 3.8) is 0 Å². The zero-order valence-electron chi connectivity index (χ0n) is 16.3. The largest absolute Gasteiger partial charge is 0.374 e. The van der Waals surface area contributed by atoms with Gasteiger partial charge in [0.1, 0.15) is 0 Å². The minimum Gasteiger partial charge on any atom is -0.374 e.